The molecule has 0 atom stereocenters. The molecule has 2 aliphatic carbocycles. The van der Waals surface area contributed by atoms with Crippen molar-refractivity contribution < 1.29 is 22.7 Å². The maximum Gasteiger partial charge on any atom is 0.333 e. The van der Waals surface area contributed by atoms with E-state index >= 15 is 0 Å². The van der Waals surface area contributed by atoms with E-state index in [2.05, 4.69) is 16.1 Å². The number of Topliss-reactive ketones (excluding diaryl/α,β-unsaturated/α-hetero) is 1. The molecule has 0 saturated heterocycles. The van der Waals surface area contributed by atoms with E-state index in [0.717, 1.165) is 55.3 Å². The van der Waals surface area contributed by atoms with Crippen molar-refractivity contribution in [3.63, 3.8) is 0 Å². The highest BCUT2D eigenvalue weighted by Gasteiger charge is 2.33. The number of urea groups is 1. The van der Waals surface area contributed by atoms with Gasteiger partial charge in [-0.3, -0.25) is 4.79 Å². The van der Waals surface area contributed by atoms with Crippen molar-refractivity contribution in [1.82, 2.24) is 9.29 Å². The first-order valence-electron chi connectivity index (χ1n) is 10.2. The van der Waals surface area contributed by atoms with E-state index < -0.39 is 16.1 Å². The standard InChI is InChI=1S/C21H23N3O5S/c1-24-11-17(20-19(24)16(25)8-9-29-20)30(27,28)23-21(26)22-18-14-6-2-4-12(14)10-13-5-3-7-15(13)18/h10-11H,2-9H2,1H3,(H2,22,23,26). The van der Waals surface area contributed by atoms with Gasteiger partial charge in [0.2, 0.25) is 0 Å². The number of rotatable bonds is 3. The highest BCUT2D eigenvalue weighted by atomic mass is 32.2. The van der Waals surface area contributed by atoms with Crippen molar-refractivity contribution in [3.05, 3.63) is 40.2 Å². The smallest absolute Gasteiger partial charge is 0.333 e. The third kappa shape index (κ3) is 2.99. The number of carbonyl (C=O) groups excluding carboxylic acids is 2. The average Bonchev–Trinajstić information content (AvgIpc) is 3.40. The molecular formula is C21H23N3O5S. The van der Waals surface area contributed by atoms with Crippen molar-refractivity contribution >= 4 is 27.5 Å². The van der Waals surface area contributed by atoms with Crippen LogP contribution in [-0.2, 0) is 42.8 Å². The summed E-state index contributed by atoms with van der Waals surface area (Å²) in [4.78, 5) is 24.7. The van der Waals surface area contributed by atoms with Crippen molar-refractivity contribution in [2.75, 3.05) is 11.9 Å². The van der Waals surface area contributed by atoms with Crippen LogP contribution in [0.3, 0.4) is 0 Å². The minimum absolute atomic E-state index is 0.00976. The van der Waals surface area contributed by atoms with Crippen LogP contribution in [0.1, 0.15) is 52.0 Å². The fourth-order valence-electron chi connectivity index (χ4n) is 4.88. The lowest BCUT2D eigenvalue weighted by molar-refractivity contribution is 0.0922. The zero-order chi connectivity index (χ0) is 21.0. The summed E-state index contributed by atoms with van der Waals surface area (Å²) in [5.41, 5.74) is 5.71. The quantitative estimate of drug-likeness (QED) is 0.780. The van der Waals surface area contributed by atoms with E-state index in [4.69, 9.17) is 4.74 Å². The van der Waals surface area contributed by atoms with Gasteiger partial charge in [-0.05, 0) is 60.8 Å². The maximum atomic E-state index is 12.9. The molecule has 0 fully saturated rings. The van der Waals surface area contributed by atoms with Gasteiger partial charge in [-0.1, -0.05) is 6.07 Å². The summed E-state index contributed by atoms with van der Waals surface area (Å²) in [7, 11) is -2.63. The lowest BCUT2D eigenvalue weighted by atomic mass is 9.99. The molecule has 0 bridgehead atoms. The number of fused-ring (bicyclic) bond motifs is 3. The Labute approximate surface area is 174 Å². The Morgan fingerprint density at radius 2 is 1.73 bits per heavy atom. The Morgan fingerprint density at radius 1 is 1.07 bits per heavy atom. The van der Waals surface area contributed by atoms with Crippen LogP contribution < -0.4 is 14.8 Å². The van der Waals surface area contributed by atoms with E-state index in [9.17, 15) is 18.0 Å². The van der Waals surface area contributed by atoms with E-state index in [0.29, 0.717) is 0 Å². The van der Waals surface area contributed by atoms with Gasteiger partial charge < -0.3 is 14.6 Å². The van der Waals surface area contributed by atoms with Crippen LogP contribution in [0.4, 0.5) is 10.5 Å². The number of nitrogens with one attached hydrogen (secondary N) is 2. The van der Waals surface area contributed by atoms with Gasteiger partial charge in [-0.25, -0.2) is 17.9 Å². The number of hydrogen-bond donors (Lipinski definition) is 2. The number of benzene rings is 1. The van der Waals surface area contributed by atoms with Gasteiger partial charge in [-0.15, -0.1) is 0 Å². The second kappa shape index (κ2) is 6.87. The lowest BCUT2D eigenvalue weighted by Gasteiger charge is -2.17. The molecule has 158 valence electrons. The molecule has 2 aromatic rings. The fourth-order valence-corrected chi connectivity index (χ4v) is 5.98. The molecule has 2 N–H and O–H groups in total. The Hall–Kier alpha value is -2.81. The minimum Gasteiger partial charge on any atom is -0.489 e. The van der Waals surface area contributed by atoms with Gasteiger partial charge in [0.15, 0.2) is 11.5 Å². The number of hydrogen-bond acceptors (Lipinski definition) is 5. The third-order valence-electron chi connectivity index (χ3n) is 6.17. The topological polar surface area (TPSA) is 107 Å². The summed E-state index contributed by atoms with van der Waals surface area (Å²) >= 11 is 0. The number of aryl methyl sites for hydroxylation is 3. The number of ketones is 1. The van der Waals surface area contributed by atoms with E-state index in [-0.39, 0.29) is 35.1 Å². The van der Waals surface area contributed by atoms with Crippen molar-refractivity contribution in [3.8, 4) is 5.75 Å². The summed E-state index contributed by atoms with van der Waals surface area (Å²) in [6.45, 7) is 0.118. The number of amides is 2. The van der Waals surface area contributed by atoms with E-state index in [1.54, 1.807) is 7.05 Å². The van der Waals surface area contributed by atoms with Gasteiger partial charge in [0, 0.05) is 25.4 Å². The molecule has 0 spiro atoms. The summed E-state index contributed by atoms with van der Waals surface area (Å²) in [5.74, 6) is -0.171. The predicted molar refractivity (Wildman–Crippen MR) is 110 cm³/mol. The second-order valence-electron chi connectivity index (χ2n) is 8.10. The molecule has 9 heteroatoms. The monoisotopic (exact) mass is 429 g/mol. The normalized spacial score (nSPS) is 17.2. The number of sulfonamides is 1. The minimum atomic E-state index is -4.21. The van der Waals surface area contributed by atoms with E-state index in [1.807, 2.05) is 0 Å². The summed E-state index contributed by atoms with van der Waals surface area (Å²) in [6, 6.07) is 1.44. The van der Waals surface area contributed by atoms with Crippen LogP contribution in [0, 0.1) is 0 Å². The van der Waals surface area contributed by atoms with Crippen molar-refractivity contribution in [2.24, 2.45) is 7.05 Å². The van der Waals surface area contributed by atoms with Gasteiger partial charge in [-0.2, -0.15) is 0 Å². The number of aromatic nitrogens is 1. The maximum absolute atomic E-state index is 12.9. The first-order valence-corrected chi connectivity index (χ1v) is 11.7. The molecule has 0 unspecified atom stereocenters. The number of carbonyl (C=O) groups is 2. The fraction of sp³-hybridized carbons (Fsp3) is 0.429. The summed E-state index contributed by atoms with van der Waals surface area (Å²) < 4.78 is 34.8. The first-order chi connectivity index (χ1) is 14.3. The Balaban J connectivity index is 1.44. The van der Waals surface area contributed by atoms with E-state index in [1.165, 1.54) is 21.9 Å². The molecule has 0 radical (unpaired) electrons. The highest BCUT2D eigenvalue weighted by Crippen LogP contribution is 2.39. The zero-order valence-corrected chi connectivity index (χ0v) is 17.5. The van der Waals surface area contributed by atoms with Gasteiger partial charge in [0.25, 0.3) is 10.0 Å². The predicted octanol–water partition coefficient (Wildman–Crippen LogP) is 2.48. The van der Waals surface area contributed by atoms with Crippen LogP contribution in [0.2, 0.25) is 0 Å². The Kier molecular flexibility index (Phi) is 4.39. The molecule has 1 aromatic heterocycles. The van der Waals surface area contributed by atoms with Crippen molar-refractivity contribution in [2.45, 2.75) is 49.8 Å². The van der Waals surface area contributed by atoms with Crippen LogP contribution in [0.15, 0.2) is 17.2 Å². The molecule has 30 heavy (non-hydrogen) atoms. The largest absolute Gasteiger partial charge is 0.489 e. The number of ether oxygens (including phenoxy) is 1. The first kappa shape index (κ1) is 19.2. The molecule has 2 heterocycles. The molecule has 3 aliphatic rings. The summed E-state index contributed by atoms with van der Waals surface area (Å²) in [5, 5.41) is 2.82. The number of anilines is 1. The van der Waals surface area contributed by atoms with Crippen LogP contribution in [-0.4, -0.2) is 31.4 Å². The van der Waals surface area contributed by atoms with Gasteiger partial charge in [0.05, 0.1) is 6.61 Å². The molecule has 1 aliphatic heterocycles. The Bertz CT molecular complexity index is 1160. The molecule has 2 amide bonds. The lowest BCUT2D eigenvalue weighted by Crippen LogP contribution is -2.35. The molecule has 8 nitrogen and oxygen atoms in total. The third-order valence-corrected chi connectivity index (χ3v) is 7.49. The SMILES string of the molecule is Cn1cc(S(=O)(=O)NC(=O)Nc2c3c(cc4c2CCC4)CCC3)c2c1C(=O)CCO2. The molecule has 5 rings (SSSR count). The molecule has 1 aromatic carbocycles. The molecule has 0 saturated carbocycles. The van der Waals surface area contributed by atoms with Crippen LogP contribution >= 0.6 is 0 Å². The summed E-state index contributed by atoms with van der Waals surface area (Å²) in [6.07, 6.45) is 7.31. The number of nitrogens with zero attached hydrogens (tertiary/aromatic N) is 1. The highest BCUT2D eigenvalue weighted by molar-refractivity contribution is 7.90. The van der Waals surface area contributed by atoms with Crippen LogP contribution in [0.5, 0.6) is 5.75 Å². The van der Waals surface area contributed by atoms with Crippen LogP contribution in [0.25, 0.3) is 0 Å². The van der Waals surface area contributed by atoms with Gasteiger partial charge in [0.1, 0.15) is 10.6 Å². The zero-order valence-electron chi connectivity index (χ0n) is 16.7. The molecular weight excluding hydrogens is 406 g/mol. The van der Waals surface area contributed by atoms with Gasteiger partial charge >= 0.3 is 6.03 Å². The Morgan fingerprint density at radius 3 is 2.40 bits per heavy atom. The van der Waals surface area contributed by atoms with Crippen molar-refractivity contribution in [1.29, 1.82) is 0 Å². The average molecular weight is 429 g/mol. The second-order valence-corrected chi connectivity index (χ2v) is 9.75.